The van der Waals surface area contributed by atoms with E-state index in [-0.39, 0.29) is 11.9 Å². The average Bonchev–Trinajstić information content (AvgIpc) is 2.99. The van der Waals surface area contributed by atoms with Crippen molar-refractivity contribution in [3.05, 3.63) is 52.3 Å². The third kappa shape index (κ3) is 3.15. The lowest BCUT2D eigenvalue weighted by atomic mass is 10.1. The van der Waals surface area contributed by atoms with Gasteiger partial charge in [0, 0.05) is 25.0 Å². The molecule has 0 N–H and O–H groups in total. The van der Waals surface area contributed by atoms with Crippen molar-refractivity contribution in [2.45, 2.75) is 39.5 Å². The molecule has 1 aromatic carbocycles. The maximum Gasteiger partial charge on any atom is 0.263 e. The van der Waals surface area contributed by atoms with Gasteiger partial charge in [-0.1, -0.05) is 6.07 Å². The number of benzene rings is 1. The van der Waals surface area contributed by atoms with Crippen LogP contribution in [0, 0.1) is 6.92 Å². The van der Waals surface area contributed by atoms with E-state index in [1.807, 2.05) is 43.0 Å². The fraction of sp³-hybridized carbons (Fsp3) is 0.389. The molecule has 3 rings (SSSR count). The number of carbonyl (C=O) groups excluding carboxylic acids is 1. The SMILES string of the molecule is Cc1ccc(OC(C)C(=O)N2CCn3cccc3C2C)c(Br)c1. The van der Waals surface area contributed by atoms with E-state index >= 15 is 0 Å². The van der Waals surface area contributed by atoms with Crippen LogP contribution < -0.4 is 4.74 Å². The standard InChI is InChI=1S/C18H21BrN2O2/c1-12-6-7-17(15(19)11-12)23-14(3)18(22)21-10-9-20-8-4-5-16(20)13(21)2/h4-8,11,13-14H,9-10H2,1-3H3. The van der Waals surface area contributed by atoms with Crippen LogP contribution in [-0.4, -0.2) is 28.0 Å². The van der Waals surface area contributed by atoms with Crippen LogP contribution in [0.3, 0.4) is 0 Å². The van der Waals surface area contributed by atoms with Gasteiger partial charge in [-0.15, -0.1) is 0 Å². The summed E-state index contributed by atoms with van der Waals surface area (Å²) in [5, 5.41) is 0. The van der Waals surface area contributed by atoms with E-state index < -0.39 is 6.10 Å². The lowest BCUT2D eigenvalue weighted by molar-refractivity contribution is -0.141. The third-order valence-corrected chi connectivity index (χ3v) is 4.98. The molecule has 0 fully saturated rings. The van der Waals surface area contributed by atoms with Crippen LogP contribution in [0.2, 0.25) is 0 Å². The van der Waals surface area contributed by atoms with Gasteiger partial charge in [0.2, 0.25) is 0 Å². The Hall–Kier alpha value is -1.75. The van der Waals surface area contributed by atoms with E-state index in [1.165, 1.54) is 5.69 Å². The molecule has 1 amide bonds. The van der Waals surface area contributed by atoms with Gasteiger partial charge in [-0.25, -0.2) is 0 Å². The molecule has 2 aromatic rings. The van der Waals surface area contributed by atoms with E-state index in [9.17, 15) is 4.79 Å². The number of ether oxygens (including phenoxy) is 1. The molecule has 4 nitrogen and oxygen atoms in total. The highest BCUT2D eigenvalue weighted by atomic mass is 79.9. The summed E-state index contributed by atoms with van der Waals surface area (Å²) in [5.74, 6) is 0.724. The van der Waals surface area contributed by atoms with Gasteiger partial charge >= 0.3 is 0 Å². The summed E-state index contributed by atoms with van der Waals surface area (Å²) >= 11 is 3.50. The number of hydrogen-bond acceptors (Lipinski definition) is 2. The number of rotatable bonds is 3. The van der Waals surface area contributed by atoms with Crippen molar-refractivity contribution in [2.75, 3.05) is 6.54 Å². The Kier molecular flexibility index (Phi) is 4.48. The van der Waals surface area contributed by atoms with Crippen molar-refractivity contribution >= 4 is 21.8 Å². The average molecular weight is 377 g/mol. The van der Waals surface area contributed by atoms with Gasteiger partial charge in [-0.2, -0.15) is 0 Å². The highest BCUT2D eigenvalue weighted by Gasteiger charge is 2.31. The smallest absolute Gasteiger partial charge is 0.263 e. The highest BCUT2D eigenvalue weighted by molar-refractivity contribution is 9.10. The normalized spacial score (nSPS) is 18.4. The Bertz CT molecular complexity index is 726. The number of carbonyl (C=O) groups is 1. The van der Waals surface area contributed by atoms with Crippen molar-refractivity contribution in [2.24, 2.45) is 0 Å². The molecule has 2 heterocycles. The van der Waals surface area contributed by atoms with Crippen molar-refractivity contribution < 1.29 is 9.53 Å². The number of hydrogen-bond donors (Lipinski definition) is 0. The summed E-state index contributed by atoms with van der Waals surface area (Å²) in [5.41, 5.74) is 2.32. The third-order valence-electron chi connectivity index (χ3n) is 4.36. The molecule has 23 heavy (non-hydrogen) atoms. The summed E-state index contributed by atoms with van der Waals surface area (Å²) < 4.78 is 8.97. The lowest BCUT2D eigenvalue weighted by Gasteiger charge is -2.36. The molecule has 1 aliphatic rings. The van der Waals surface area contributed by atoms with Crippen LogP contribution in [0.15, 0.2) is 41.0 Å². The van der Waals surface area contributed by atoms with Crippen LogP contribution in [0.5, 0.6) is 5.75 Å². The fourth-order valence-electron chi connectivity index (χ4n) is 3.06. The van der Waals surface area contributed by atoms with Gasteiger partial charge in [-0.3, -0.25) is 4.79 Å². The van der Waals surface area contributed by atoms with E-state index in [1.54, 1.807) is 0 Å². The second-order valence-corrected chi connectivity index (χ2v) is 6.88. The van der Waals surface area contributed by atoms with Crippen LogP contribution in [-0.2, 0) is 11.3 Å². The van der Waals surface area contributed by atoms with Crippen LogP contribution in [0.25, 0.3) is 0 Å². The molecule has 2 atom stereocenters. The quantitative estimate of drug-likeness (QED) is 0.813. The maximum absolute atomic E-state index is 12.8. The van der Waals surface area contributed by atoms with Crippen LogP contribution >= 0.6 is 15.9 Å². The molecule has 0 saturated heterocycles. The Balaban J connectivity index is 1.73. The zero-order chi connectivity index (χ0) is 16.6. The summed E-state index contributed by atoms with van der Waals surface area (Å²) in [6.07, 6.45) is 1.55. The lowest BCUT2D eigenvalue weighted by Crippen LogP contribution is -2.46. The topological polar surface area (TPSA) is 34.5 Å². The molecule has 2 unspecified atom stereocenters. The predicted molar refractivity (Wildman–Crippen MR) is 93.5 cm³/mol. The maximum atomic E-state index is 12.8. The van der Waals surface area contributed by atoms with Crippen molar-refractivity contribution in [1.29, 1.82) is 0 Å². The summed E-state index contributed by atoms with van der Waals surface area (Å²) in [6.45, 7) is 7.45. The number of aromatic nitrogens is 1. The molecule has 0 aliphatic carbocycles. The van der Waals surface area contributed by atoms with Gasteiger partial charge in [-0.05, 0) is 66.5 Å². The molecule has 122 valence electrons. The molecule has 0 spiro atoms. The van der Waals surface area contributed by atoms with Gasteiger partial charge in [0.25, 0.3) is 5.91 Å². The minimum Gasteiger partial charge on any atom is -0.480 e. The second kappa shape index (κ2) is 6.40. The van der Waals surface area contributed by atoms with E-state index in [0.29, 0.717) is 12.3 Å². The number of nitrogens with zero attached hydrogens (tertiary/aromatic N) is 2. The molecule has 5 heteroatoms. The van der Waals surface area contributed by atoms with Crippen LogP contribution in [0.4, 0.5) is 0 Å². The first-order valence-electron chi connectivity index (χ1n) is 7.85. The van der Waals surface area contributed by atoms with E-state index in [2.05, 4.69) is 39.7 Å². The predicted octanol–water partition coefficient (Wildman–Crippen LogP) is 3.93. The summed E-state index contributed by atoms with van der Waals surface area (Å²) in [6, 6.07) is 10.0. The zero-order valence-corrected chi connectivity index (χ0v) is 15.2. The fourth-order valence-corrected chi connectivity index (χ4v) is 3.64. The van der Waals surface area contributed by atoms with Crippen molar-refractivity contribution in [3.63, 3.8) is 0 Å². The molecule has 1 aromatic heterocycles. The highest BCUT2D eigenvalue weighted by Crippen LogP contribution is 2.29. The zero-order valence-electron chi connectivity index (χ0n) is 13.6. The number of halogens is 1. The van der Waals surface area contributed by atoms with E-state index in [4.69, 9.17) is 4.74 Å². The van der Waals surface area contributed by atoms with E-state index in [0.717, 1.165) is 16.6 Å². The Labute approximate surface area is 145 Å². The van der Waals surface area contributed by atoms with Crippen molar-refractivity contribution in [1.82, 2.24) is 9.47 Å². The first-order chi connectivity index (χ1) is 11.0. The van der Waals surface area contributed by atoms with Gasteiger partial charge in [0.05, 0.1) is 10.5 Å². The van der Waals surface area contributed by atoms with Gasteiger partial charge in [0.1, 0.15) is 5.75 Å². The Morgan fingerprint density at radius 1 is 1.35 bits per heavy atom. The first-order valence-corrected chi connectivity index (χ1v) is 8.65. The minimum atomic E-state index is -0.516. The largest absolute Gasteiger partial charge is 0.480 e. The first kappa shape index (κ1) is 16.1. The minimum absolute atomic E-state index is 0.0254. The second-order valence-electron chi connectivity index (χ2n) is 6.03. The Morgan fingerprint density at radius 3 is 2.87 bits per heavy atom. The molecular formula is C18H21BrN2O2. The van der Waals surface area contributed by atoms with Gasteiger partial charge < -0.3 is 14.2 Å². The molecule has 0 radical (unpaired) electrons. The van der Waals surface area contributed by atoms with Gasteiger partial charge in [0.15, 0.2) is 6.10 Å². The monoisotopic (exact) mass is 376 g/mol. The number of aryl methyl sites for hydroxylation is 1. The molecular weight excluding hydrogens is 356 g/mol. The van der Waals surface area contributed by atoms with Crippen LogP contribution in [0.1, 0.15) is 31.1 Å². The summed E-state index contributed by atoms with van der Waals surface area (Å²) in [7, 11) is 0. The molecule has 1 aliphatic heterocycles. The summed E-state index contributed by atoms with van der Waals surface area (Å²) in [4.78, 5) is 14.7. The molecule has 0 bridgehead atoms. The number of fused-ring (bicyclic) bond motifs is 1. The molecule has 0 saturated carbocycles. The number of amides is 1. The van der Waals surface area contributed by atoms with Crippen molar-refractivity contribution in [3.8, 4) is 5.75 Å². The Morgan fingerprint density at radius 2 is 2.13 bits per heavy atom.